The number of ether oxygens (including phenoxy) is 2. The van der Waals surface area contributed by atoms with E-state index < -0.39 is 5.97 Å². The van der Waals surface area contributed by atoms with Crippen LogP contribution in [0.25, 0.3) is 0 Å². The van der Waals surface area contributed by atoms with E-state index in [0.717, 1.165) is 4.88 Å². The van der Waals surface area contributed by atoms with Crippen LogP contribution in [0.1, 0.15) is 22.2 Å². The molecular formula is C14H15NO3S. The second kappa shape index (κ2) is 6.24. The predicted molar refractivity (Wildman–Crippen MR) is 75.5 cm³/mol. The molecule has 0 amide bonds. The first-order chi connectivity index (χ1) is 9.22. The number of esters is 1. The third-order valence-electron chi connectivity index (χ3n) is 2.49. The highest BCUT2D eigenvalue weighted by Crippen LogP contribution is 2.26. The number of nitrogen functional groups attached to an aromatic ring is 1. The highest BCUT2D eigenvalue weighted by molar-refractivity contribution is 7.09. The minimum atomic E-state index is -0.463. The zero-order chi connectivity index (χ0) is 13.7. The first-order valence-electron chi connectivity index (χ1n) is 5.93. The van der Waals surface area contributed by atoms with E-state index in [-0.39, 0.29) is 6.61 Å². The predicted octanol–water partition coefficient (Wildman–Crippen LogP) is 3.09. The Labute approximate surface area is 115 Å². The van der Waals surface area contributed by atoms with Crippen molar-refractivity contribution in [2.24, 2.45) is 0 Å². The Morgan fingerprint density at radius 1 is 1.32 bits per heavy atom. The molecule has 0 bridgehead atoms. The van der Waals surface area contributed by atoms with E-state index in [0.29, 0.717) is 23.6 Å². The summed E-state index contributed by atoms with van der Waals surface area (Å²) in [5, 5.41) is 1.94. The van der Waals surface area contributed by atoms with Crippen LogP contribution in [0, 0.1) is 0 Å². The molecule has 0 spiro atoms. The van der Waals surface area contributed by atoms with Gasteiger partial charge in [-0.2, -0.15) is 0 Å². The number of thiophene rings is 1. The van der Waals surface area contributed by atoms with Crippen molar-refractivity contribution in [3.63, 3.8) is 0 Å². The van der Waals surface area contributed by atoms with Crippen molar-refractivity contribution >= 4 is 23.0 Å². The fraction of sp³-hybridized carbons (Fsp3) is 0.214. The van der Waals surface area contributed by atoms with Crippen LogP contribution in [-0.4, -0.2) is 12.6 Å². The van der Waals surface area contributed by atoms with Crippen molar-refractivity contribution in [3.05, 3.63) is 46.2 Å². The van der Waals surface area contributed by atoms with Crippen molar-refractivity contribution in [2.75, 3.05) is 12.3 Å². The van der Waals surface area contributed by atoms with E-state index in [2.05, 4.69) is 0 Å². The molecule has 0 saturated heterocycles. The number of carbonyl (C=O) groups excluding carboxylic acids is 1. The van der Waals surface area contributed by atoms with Crippen molar-refractivity contribution in [2.45, 2.75) is 13.5 Å². The van der Waals surface area contributed by atoms with Crippen molar-refractivity contribution in [3.8, 4) is 5.75 Å². The Hall–Kier alpha value is -2.01. The number of carbonyl (C=O) groups is 1. The lowest BCUT2D eigenvalue weighted by Crippen LogP contribution is -2.10. The lowest BCUT2D eigenvalue weighted by Gasteiger charge is -2.11. The van der Waals surface area contributed by atoms with E-state index in [1.807, 2.05) is 24.4 Å². The molecule has 0 radical (unpaired) electrons. The summed E-state index contributed by atoms with van der Waals surface area (Å²) in [4.78, 5) is 13.1. The van der Waals surface area contributed by atoms with E-state index >= 15 is 0 Å². The second-order valence-electron chi connectivity index (χ2n) is 3.81. The van der Waals surface area contributed by atoms with E-state index in [4.69, 9.17) is 15.2 Å². The van der Waals surface area contributed by atoms with Gasteiger partial charge in [-0.15, -0.1) is 11.3 Å². The zero-order valence-electron chi connectivity index (χ0n) is 10.6. The van der Waals surface area contributed by atoms with Gasteiger partial charge in [-0.3, -0.25) is 0 Å². The molecule has 2 aromatic rings. The van der Waals surface area contributed by atoms with Crippen LogP contribution >= 0.6 is 11.3 Å². The van der Waals surface area contributed by atoms with Crippen LogP contribution in [0.4, 0.5) is 5.69 Å². The average Bonchev–Trinajstić information content (AvgIpc) is 2.90. The molecule has 1 aromatic heterocycles. The van der Waals surface area contributed by atoms with Crippen LogP contribution in [0.15, 0.2) is 35.7 Å². The second-order valence-corrected chi connectivity index (χ2v) is 4.84. The minimum absolute atomic E-state index is 0.246. The van der Waals surface area contributed by atoms with Crippen LogP contribution in [-0.2, 0) is 11.3 Å². The Morgan fingerprint density at radius 3 is 2.84 bits per heavy atom. The SMILES string of the molecule is CCOc1cccc(N)c1C(=O)OCc1cccs1. The number of anilines is 1. The highest BCUT2D eigenvalue weighted by atomic mass is 32.1. The maximum Gasteiger partial charge on any atom is 0.344 e. The number of hydrogen-bond donors (Lipinski definition) is 1. The summed E-state index contributed by atoms with van der Waals surface area (Å²) < 4.78 is 10.6. The number of hydrogen-bond acceptors (Lipinski definition) is 5. The van der Waals surface area contributed by atoms with Gasteiger partial charge in [0.05, 0.1) is 6.61 Å². The summed E-state index contributed by atoms with van der Waals surface area (Å²) >= 11 is 1.54. The maximum absolute atomic E-state index is 12.1. The lowest BCUT2D eigenvalue weighted by molar-refractivity contribution is 0.0474. The van der Waals surface area contributed by atoms with Gasteiger partial charge in [-0.25, -0.2) is 4.79 Å². The molecule has 100 valence electrons. The van der Waals surface area contributed by atoms with Gasteiger partial charge in [0.25, 0.3) is 0 Å². The van der Waals surface area contributed by atoms with Gasteiger partial charge >= 0.3 is 5.97 Å². The summed E-state index contributed by atoms with van der Waals surface area (Å²) in [6.45, 7) is 2.56. The summed E-state index contributed by atoms with van der Waals surface area (Å²) in [6.07, 6.45) is 0. The quantitative estimate of drug-likeness (QED) is 0.674. The zero-order valence-corrected chi connectivity index (χ0v) is 11.4. The van der Waals surface area contributed by atoms with Crippen LogP contribution < -0.4 is 10.5 Å². The molecule has 2 rings (SSSR count). The number of benzene rings is 1. The number of nitrogens with two attached hydrogens (primary N) is 1. The van der Waals surface area contributed by atoms with Crippen molar-refractivity contribution < 1.29 is 14.3 Å². The van der Waals surface area contributed by atoms with Crippen molar-refractivity contribution in [1.29, 1.82) is 0 Å². The average molecular weight is 277 g/mol. The topological polar surface area (TPSA) is 61.5 Å². The first kappa shape index (κ1) is 13.4. The molecule has 1 heterocycles. The molecule has 0 aliphatic carbocycles. The van der Waals surface area contributed by atoms with Gasteiger partial charge in [-0.1, -0.05) is 12.1 Å². The summed E-state index contributed by atoms with van der Waals surface area (Å²) in [7, 11) is 0. The molecule has 0 aliphatic heterocycles. The van der Waals surface area contributed by atoms with E-state index in [9.17, 15) is 4.79 Å². The van der Waals surface area contributed by atoms with Gasteiger partial charge in [0.15, 0.2) is 0 Å². The minimum Gasteiger partial charge on any atom is -0.493 e. The maximum atomic E-state index is 12.1. The fourth-order valence-electron chi connectivity index (χ4n) is 1.65. The summed E-state index contributed by atoms with van der Waals surface area (Å²) in [5.74, 6) is -0.00590. The first-order valence-corrected chi connectivity index (χ1v) is 6.81. The molecule has 1 aromatic carbocycles. The van der Waals surface area contributed by atoms with Gasteiger partial charge in [0.1, 0.15) is 17.9 Å². The normalized spacial score (nSPS) is 10.2. The summed E-state index contributed by atoms with van der Waals surface area (Å²) in [5.41, 5.74) is 6.48. The molecule has 0 aliphatic rings. The highest BCUT2D eigenvalue weighted by Gasteiger charge is 2.17. The van der Waals surface area contributed by atoms with E-state index in [1.165, 1.54) is 11.3 Å². The van der Waals surface area contributed by atoms with Crippen molar-refractivity contribution in [1.82, 2.24) is 0 Å². The van der Waals surface area contributed by atoms with Gasteiger partial charge in [0, 0.05) is 10.6 Å². The lowest BCUT2D eigenvalue weighted by atomic mass is 10.1. The van der Waals surface area contributed by atoms with Gasteiger partial charge < -0.3 is 15.2 Å². The third-order valence-corrected chi connectivity index (χ3v) is 3.34. The van der Waals surface area contributed by atoms with Gasteiger partial charge in [0.2, 0.25) is 0 Å². The largest absolute Gasteiger partial charge is 0.493 e. The Balaban J connectivity index is 2.13. The van der Waals surface area contributed by atoms with Crippen LogP contribution in [0.2, 0.25) is 0 Å². The molecule has 4 nitrogen and oxygen atoms in total. The molecule has 5 heteroatoms. The van der Waals surface area contributed by atoms with Crippen LogP contribution in [0.5, 0.6) is 5.75 Å². The number of rotatable bonds is 5. The molecule has 0 atom stereocenters. The molecule has 0 unspecified atom stereocenters. The van der Waals surface area contributed by atoms with Crippen LogP contribution in [0.3, 0.4) is 0 Å². The Kier molecular flexibility index (Phi) is 4.41. The smallest absolute Gasteiger partial charge is 0.344 e. The summed E-state index contributed by atoms with van der Waals surface area (Å²) in [6, 6.07) is 8.94. The third kappa shape index (κ3) is 3.26. The fourth-order valence-corrected chi connectivity index (χ4v) is 2.26. The van der Waals surface area contributed by atoms with E-state index in [1.54, 1.807) is 18.2 Å². The Morgan fingerprint density at radius 2 is 2.16 bits per heavy atom. The Bertz CT molecular complexity index is 552. The molecule has 0 fully saturated rings. The molecule has 2 N–H and O–H groups in total. The molecular weight excluding hydrogens is 262 g/mol. The molecule has 19 heavy (non-hydrogen) atoms. The standard InChI is InChI=1S/C14H15NO3S/c1-2-17-12-7-3-6-11(15)13(12)14(16)18-9-10-5-4-8-19-10/h3-8H,2,9,15H2,1H3. The monoisotopic (exact) mass is 277 g/mol. The molecule has 0 saturated carbocycles. The van der Waals surface area contributed by atoms with Gasteiger partial charge in [-0.05, 0) is 30.5 Å².